The maximum Gasteiger partial charge on any atom is 0.152 e. The molecule has 0 spiro atoms. The quantitative estimate of drug-likeness (QED) is 0.738. The van der Waals surface area contributed by atoms with Gasteiger partial charge in [0.2, 0.25) is 0 Å². The number of ether oxygens (including phenoxy) is 1. The van der Waals surface area contributed by atoms with E-state index in [0.717, 1.165) is 17.4 Å². The van der Waals surface area contributed by atoms with Gasteiger partial charge in [0.1, 0.15) is 24.3 Å². The molecular weight excluding hydrogens is 254 g/mol. The first kappa shape index (κ1) is 12.3. The van der Waals surface area contributed by atoms with Crippen molar-refractivity contribution in [3.05, 3.63) is 53.6 Å². The highest BCUT2D eigenvalue weighted by Gasteiger charge is 2.10. The van der Waals surface area contributed by atoms with Gasteiger partial charge >= 0.3 is 0 Å². The molecule has 0 aliphatic carbocycles. The fourth-order valence-electron chi connectivity index (χ4n) is 2.04. The van der Waals surface area contributed by atoms with Crippen LogP contribution in [-0.4, -0.2) is 21.2 Å². The van der Waals surface area contributed by atoms with Crippen LogP contribution in [0.2, 0.25) is 0 Å². The number of H-pyrrole nitrogens is 1. The lowest BCUT2D eigenvalue weighted by Crippen LogP contribution is -2.00. The third kappa shape index (κ3) is 2.25. The van der Waals surface area contributed by atoms with Crippen LogP contribution in [0.15, 0.2) is 36.8 Å². The van der Waals surface area contributed by atoms with Gasteiger partial charge in [-0.1, -0.05) is 17.7 Å². The van der Waals surface area contributed by atoms with Gasteiger partial charge < -0.3 is 9.72 Å². The summed E-state index contributed by atoms with van der Waals surface area (Å²) >= 11 is 0. The molecule has 0 aliphatic rings. The van der Waals surface area contributed by atoms with Crippen molar-refractivity contribution in [3.8, 4) is 5.75 Å². The summed E-state index contributed by atoms with van der Waals surface area (Å²) in [5, 5.41) is 0.717. The molecule has 0 bridgehead atoms. The molecule has 1 aromatic carbocycles. The number of hydrogen-bond donors (Lipinski definition) is 1. The van der Waals surface area contributed by atoms with Crippen molar-refractivity contribution in [1.29, 1.82) is 0 Å². The molecule has 0 atom stereocenters. The number of fused-ring (bicyclic) bond motifs is 1. The van der Waals surface area contributed by atoms with Crippen LogP contribution in [-0.2, 0) is 6.61 Å². The van der Waals surface area contributed by atoms with Gasteiger partial charge in [-0.05, 0) is 19.1 Å². The minimum Gasteiger partial charge on any atom is -0.487 e. The Morgan fingerprint density at radius 1 is 1.25 bits per heavy atom. The topological polar surface area (TPSA) is 67.9 Å². The smallest absolute Gasteiger partial charge is 0.152 e. The Kier molecular flexibility index (Phi) is 3.16. The first-order valence-corrected chi connectivity index (χ1v) is 6.23. The van der Waals surface area contributed by atoms with E-state index in [9.17, 15) is 4.79 Å². The minimum atomic E-state index is 0.292. The van der Waals surface area contributed by atoms with Gasteiger partial charge in [0.15, 0.2) is 6.29 Å². The second-order valence-corrected chi connectivity index (χ2v) is 4.51. The number of aldehydes is 1. The number of benzene rings is 1. The molecule has 2 aromatic heterocycles. The summed E-state index contributed by atoms with van der Waals surface area (Å²) in [6.45, 7) is 2.31. The first-order chi connectivity index (χ1) is 9.78. The van der Waals surface area contributed by atoms with Crippen molar-refractivity contribution in [1.82, 2.24) is 15.0 Å². The summed E-state index contributed by atoms with van der Waals surface area (Å²) in [7, 11) is 0. The third-order valence-electron chi connectivity index (χ3n) is 3.10. The van der Waals surface area contributed by atoms with Crippen molar-refractivity contribution in [2.45, 2.75) is 13.5 Å². The number of aryl methyl sites for hydroxylation is 1. The van der Waals surface area contributed by atoms with Gasteiger partial charge in [0.25, 0.3) is 0 Å². The van der Waals surface area contributed by atoms with E-state index in [1.54, 1.807) is 6.20 Å². The molecule has 100 valence electrons. The fourth-order valence-corrected chi connectivity index (χ4v) is 2.04. The lowest BCUT2D eigenvalue weighted by molar-refractivity contribution is 0.112. The summed E-state index contributed by atoms with van der Waals surface area (Å²) in [4.78, 5) is 22.3. The summed E-state index contributed by atoms with van der Waals surface area (Å²) in [5.41, 5.74) is 3.06. The molecule has 0 amide bonds. The van der Waals surface area contributed by atoms with E-state index in [2.05, 4.69) is 15.0 Å². The van der Waals surface area contributed by atoms with Crippen molar-refractivity contribution in [2.75, 3.05) is 0 Å². The molecular formula is C15H13N3O2. The van der Waals surface area contributed by atoms with E-state index in [1.165, 1.54) is 11.9 Å². The van der Waals surface area contributed by atoms with E-state index in [-0.39, 0.29) is 0 Å². The van der Waals surface area contributed by atoms with E-state index in [4.69, 9.17) is 4.74 Å². The highest BCUT2D eigenvalue weighted by molar-refractivity contribution is 5.96. The molecule has 3 aromatic rings. The summed E-state index contributed by atoms with van der Waals surface area (Å²) in [5.74, 6) is 0.769. The zero-order valence-corrected chi connectivity index (χ0v) is 11.0. The number of hydrogen-bond acceptors (Lipinski definition) is 4. The normalized spacial score (nSPS) is 10.7. The molecule has 0 aliphatic heterocycles. The molecule has 0 saturated carbocycles. The predicted octanol–water partition coefficient (Wildman–Crippen LogP) is 2.66. The van der Waals surface area contributed by atoms with Crippen molar-refractivity contribution < 1.29 is 9.53 Å². The molecule has 5 heteroatoms. The molecule has 0 fully saturated rings. The molecule has 2 heterocycles. The maximum absolute atomic E-state index is 11.0. The van der Waals surface area contributed by atoms with Gasteiger partial charge in [-0.25, -0.2) is 9.97 Å². The molecule has 0 unspecified atom stereocenters. The van der Waals surface area contributed by atoms with Crippen LogP contribution >= 0.6 is 0 Å². The standard InChI is InChI=1S/C15H13N3O2/c1-10-2-4-12(5-3-10)20-8-13-14-11(7-19)6-16-15(14)18-9-17-13/h2-7,9H,8H2,1H3,(H,16,17,18). The maximum atomic E-state index is 11.0. The van der Waals surface area contributed by atoms with Gasteiger partial charge in [-0.2, -0.15) is 0 Å². The Bertz CT molecular complexity index is 747. The van der Waals surface area contributed by atoms with Crippen LogP contribution in [0.5, 0.6) is 5.75 Å². The molecule has 20 heavy (non-hydrogen) atoms. The van der Waals surface area contributed by atoms with E-state index in [0.29, 0.717) is 23.5 Å². The third-order valence-corrected chi connectivity index (χ3v) is 3.10. The van der Waals surface area contributed by atoms with Crippen LogP contribution in [0.3, 0.4) is 0 Å². The molecule has 0 saturated heterocycles. The van der Waals surface area contributed by atoms with Gasteiger partial charge in [-0.15, -0.1) is 0 Å². The SMILES string of the molecule is Cc1ccc(OCc2ncnc3[nH]cc(C=O)c23)cc1. The Balaban J connectivity index is 1.89. The van der Waals surface area contributed by atoms with Crippen LogP contribution in [0, 0.1) is 6.92 Å². The van der Waals surface area contributed by atoms with Gasteiger partial charge in [0.05, 0.1) is 11.1 Å². The monoisotopic (exact) mass is 267 g/mol. The zero-order chi connectivity index (χ0) is 13.9. The number of carbonyl (C=O) groups excluding carboxylic acids is 1. The summed E-state index contributed by atoms with van der Waals surface area (Å²) in [6, 6.07) is 7.78. The van der Waals surface area contributed by atoms with Crippen molar-refractivity contribution in [2.24, 2.45) is 0 Å². The average molecular weight is 267 g/mol. The second-order valence-electron chi connectivity index (χ2n) is 4.51. The van der Waals surface area contributed by atoms with Crippen LogP contribution in [0.4, 0.5) is 0 Å². The number of aromatic amines is 1. The van der Waals surface area contributed by atoms with Crippen LogP contribution < -0.4 is 4.74 Å². The predicted molar refractivity (Wildman–Crippen MR) is 74.8 cm³/mol. The lowest BCUT2D eigenvalue weighted by atomic mass is 10.2. The largest absolute Gasteiger partial charge is 0.487 e. The molecule has 0 radical (unpaired) electrons. The average Bonchev–Trinajstić information content (AvgIpc) is 2.90. The fraction of sp³-hybridized carbons (Fsp3) is 0.133. The number of nitrogens with zero attached hydrogens (tertiary/aromatic N) is 2. The Morgan fingerprint density at radius 2 is 2.05 bits per heavy atom. The number of carbonyl (C=O) groups is 1. The first-order valence-electron chi connectivity index (χ1n) is 6.23. The Hall–Kier alpha value is -2.69. The number of rotatable bonds is 4. The Labute approximate surface area is 115 Å². The van der Waals surface area contributed by atoms with E-state index < -0.39 is 0 Å². The summed E-state index contributed by atoms with van der Waals surface area (Å²) in [6.07, 6.45) is 3.88. The van der Waals surface area contributed by atoms with Crippen molar-refractivity contribution in [3.63, 3.8) is 0 Å². The number of nitrogens with one attached hydrogen (secondary N) is 1. The molecule has 1 N–H and O–H groups in total. The highest BCUT2D eigenvalue weighted by Crippen LogP contribution is 2.20. The van der Waals surface area contributed by atoms with E-state index in [1.807, 2.05) is 31.2 Å². The zero-order valence-electron chi connectivity index (χ0n) is 11.0. The Morgan fingerprint density at radius 3 is 2.80 bits per heavy atom. The van der Waals surface area contributed by atoms with Gasteiger partial charge in [0, 0.05) is 11.8 Å². The second kappa shape index (κ2) is 5.13. The summed E-state index contributed by atoms with van der Waals surface area (Å²) < 4.78 is 5.70. The van der Waals surface area contributed by atoms with Crippen LogP contribution in [0.1, 0.15) is 21.6 Å². The molecule has 3 rings (SSSR count). The van der Waals surface area contributed by atoms with Gasteiger partial charge in [-0.3, -0.25) is 4.79 Å². The number of aromatic nitrogens is 3. The molecule has 5 nitrogen and oxygen atoms in total. The van der Waals surface area contributed by atoms with Crippen molar-refractivity contribution >= 4 is 17.3 Å². The highest BCUT2D eigenvalue weighted by atomic mass is 16.5. The minimum absolute atomic E-state index is 0.292. The van der Waals surface area contributed by atoms with E-state index >= 15 is 0 Å². The lowest BCUT2D eigenvalue weighted by Gasteiger charge is -2.07. The van der Waals surface area contributed by atoms with Crippen LogP contribution in [0.25, 0.3) is 11.0 Å².